The molecule has 3 nitrogen and oxygen atoms in total. The summed E-state index contributed by atoms with van der Waals surface area (Å²) in [4.78, 5) is 0. The van der Waals surface area contributed by atoms with Gasteiger partial charge in [-0.05, 0) is 5.56 Å². The van der Waals surface area contributed by atoms with Gasteiger partial charge in [-0.2, -0.15) is 0 Å². The molecule has 1 aromatic carbocycles. The Hall–Kier alpha value is -0.780. The standard InChI is InChI=1S/C9H12FNO2S/c10-6-7-11(14(12)13)8-9-4-2-1-3-5-9/h1-5H,6-8H2,(H,12,13)/p-1. The maximum atomic E-state index is 12.0. The fourth-order valence-corrected chi connectivity index (χ4v) is 1.56. The van der Waals surface area contributed by atoms with Gasteiger partial charge in [0.1, 0.15) is 6.67 Å². The molecule has 1 atom stereocenters. The van der Waals surface area contributed by atoms with Gasteiger partial charge in [0, 0.05) is 24.4 Å². The highest BCUT2D eigenvalue weighted by molar-refractivity contribution is 7.76. The van der Waals surface area contributed by atoms with E-state index in [9.17, 15) is 13.2 Å². The van der Waals surface area contributed by atoms with Crippen molar-refractivity contribution >= 4 is 11.3 Å². The first-order valence-corrected chi connectivity index (χ1v) is 5.21. The van der Waals surface area contributed by atoms with Crippen LogP contribution in [0.4, 0.5) is 4.39 Å². The van der Waals surface area contributed by atoms with Crippen LogP contribution in [0.5, 0.6) is 0 Å². The molecule has 0 saturated heterocycles. The maximum Gasteiger partial charge on any atom is 0.103 e. The summed E-state index contributed by atoms with van der Waals surface area (Å²) >= 11 is -2.36. The fourth-order valence-electron chi connectivity index (χ4n) is 1.09. The number of hydrogen-bond donors (Lipinski definition) is 0. The molecule has 0 N–H and O–H groups in total. The molecule has 0 heterocycles. The van der Waals surface area contributed by atoms with Gasteiger partial charge in [0.2, 0.25) is 0 Å². The molecule has 0 saturated carbocycles. The van der Waals surface area contributed by atoms with E-state index in [-0.39, 0.29) is 13.1 Å². The van der Waals surface area contributed by atoms with Gasteiger partial charge < -0.3 is 4.55 Å². The number of alkyl halides is 1. The first kappa shape index (κ1) is 11.3. The van der Waals surface area contributed by atoms with E-state index >= 15 is 0 Å². The van der Waals surface area contributed by atoms with Crippen LogP contribution >= 0.6 is 0 Å². The molecule has 0 aliphatic carbocycles. The summed E-state index contributed by atoms with van der Waals surface area (Å²) in [6.45, 7) is -0.535. The van der Waals surface area contributed by atoms with Crippen LogP contribution in [0.1, 0.15) is 5.56 Å². The molecular weight excluding hydrogens is 205 g/mol. The Balaban J connectivity index is 2.60. The molecule has 1 rings (SSSR count). The summed E-state index contributed by atoms with van der Waals surface area (Å²) in [5.74, 6) is 0. The average molecular weight is 216 g/mol. The zero-order valence-corrected chi connectivity index (χ0v) is 8.37. The van der Waals surface area contributed by atoms with Crippen molar-refractivity contribution in [3.8, 4) is 0 Å². The highest BCUT2D eigenvalue weighted by Gasteiger charge is 2.05. The lowest BCUT2D eigenvalue weighted by Crippen LogP contribution is -2.27. The Morgan fingerprint density at radius 3 is 2.50 bits per heavy atom. The molecule has 0 fully saturated rings. The smallest absolute Gasteiger partial charge is 0.103 e. The molecule has 0 aliphatic heterocycles. The molecule has 0 aromatic heterocycles. The fraction of sp³-hybridized carbons (Fsp3) is 0.333. The first-order valence-electron chi connectivity index (χ1n) is 4.18. The third kappa shape index (κ3) is 3.53. The van der Waals surface area contributed by atoms with Crippen molar-refractivity contribution in [3.05, 3.63) is 35.9 Å². The monoisotopic (exact) mass is 216 g/mol. The molecule has 1 aromatic rings. The van der Waals surface area contributed by atoms with E-state index in [1.807, 2.05) is 18.2 Å². The summed E-state index contributed by atoms with van der Waals surface area (Å²) < 4.78 is 34.3. The van der Waals surface area contributed by atoms with Crippen LogP contribution in [0.3, 0.4) is 0 Å². The zero-order valence-electron chi connectivity index (χ0n) is 7.56. The molecule has 0 spiro atoms. The highest BCUT2D eigenvalue weighted by atomic mass is 32.2. The Morgan fingerprint density at radius 2 is 2.00 bits per heavy atom. The Labute approximate surface area is 85.0 Å². The largest absolute Gasteiger partial charge is 0.760 e. The quantitative estimate of drug-likeness (QED) is 0.695. The van der Waals surface area contributed by atoms with Crippen molar-refractivity contribution in [1.29, 1.82) is 0 Å². The van der Waals surface area contributed by atoms with Crippen molar-refractivity contribution in [3.63, 3.8) is 0 Å². The van der Waals surface area contributed by atoms with Crippen molar-refractivity contribution in [2.24, 2.45) is 0 Å². The molecule has 0 bridgehead atoms. The third-order valence-corrected chi connectivity index (χ3v) is 2.48. The minimum atomic E-state index is -2.36. The predicted molar refractivity (Wildman–Crippen MR) is 51.7 cm³/mol. The van der Waals surface area contributed by atoms with E-state index in [1.165, 1.54) is 0 Å². The zero-order chi connectivity index (χ0) is 10.4. The Kier molecular flexibility index (Phi) is 4.72. The van der Waals surface area contributed by atoms with Gasteiger partial charge in [0.25, 0.3) is 0 Å². The van der Waals surface area contributed by atoms with Gasteiger partial charge in [-0.15, -0.1) is 0 Å². The van der Waals surface area contributed by atoms with Crippen molar-refractivity contribution in [2.75, 3.05) is 13.2 Å². The van der Waals surface area contributed by atoms with Crippen molar-refractivity contribution < 1.29 is 13.2 Å². The lowest BCUT2D eigenvalue weighted by Gasteiger charge is -2.22. The summed E-state index contributed by atoms with van der Waals surface area (Å²) in [5, 5.41) is 0. The molecule has 0 amide bonds. The van der Waals surface area contributed by atoms with E-state index in [1.54, 1.807) is 12.1 Å². The van der Waals surface area contributed by atoms with Crippen LogP contribution in [0.15, 0.2) is 30.3 Å². The van der Waals surface area contributed by atoms with Crippen molar-refractivity contribution in [2.45, 2.75) is 6.54 Å². The summed E-state index contributed by atoms with van der Waals surface area (Å²) in [6.07, 6.45) is 0. The summed E-state index contributed by atoms with van der Waals surface area (Å²) in [6, 6.07) is 9.08. The minimum absolute atomic E-state index is 0.0923. The van der Waals surface area contributed by atoms with Gasteiger partial charge in [-0.3, -0.25) is 4.21 Å². The van der Waals surface area contributed by atoms with Crippen LogP contribution in [0, 0.1) is 0 Å². The second kappa shape index (κ2) is 5.85. The lowest BCUT2D eigenvalue weighted by molar-refractivity contribution is 0.340. The number of hydrogen-bond acceptors (Lipinski definition) is 2. The molecule has 1 unspecified atom stereocenters. The first-order chi connectivity index (χ1) is 6.74. The van der Waals surface area contributed by atoms with E-state index in [2.05, 4.69) is 0 Å². The molecule has 5 heteroatoms. The summed E-state index contributed by atoms with van der Waals surface area (Å²) in [7, 11) is 0. The van der Waals surface area contributed by atoms with Crippen LogP contribution in [-0.4, -0.2) is 26.3 Å². The van der Waals surface area contributed by atoms with E-state index in [0.717, 1.165) is 9.87 Å². The SMILES string of the molecule is O=S([O-])N(CCF)Cc1ccccc1. The van der Waals surface area contributed by atoms with Crippen molar-refractivity contribution in [1.82, 2.24) is 4.31 Å². The minimum Gasteiger partial charge on any atom is -0.760 e. The van der Waals surface area contributed by atoms with Gasteiger partial charge in [-0.1, -0.05) is 30.3 Å². The molecule has 0 aliphatic rings. The van der Waals surface area contributed by atoms with Gasteiger partial charge in [0.15, 0.2) is 0 Å². The lowest BCUT2D eigenvalue weighted by atomic mass is 10.2. The predicted octanol–water partition coefficient (Wildman–Crippen LogP) is 1.25. The van der Waals surface area contributed by atoms with Crippen LogP contribution < -0.4 is 0 Å². The second-order valence-electron chi connectivity index (χ2n) is 2.76. The normalized spacial score (nSPS) is 13.1. The molecular formula is C9H11FNO2S-. The van der Waals surface area contributed by atoms with E-state index < -0.39 is 17.9 Å². The Bertz CT molecular complexity index is 294. The third-order valence-electron chi connectivity index (χ3n) is 1.75. The van der Waals surface area contributed by atoms with Crippen LogP contribution in [-0.2, 0) is 17.8 Å². The van der Waals surface area contributed by atoms with Gasteiger partial charge in [0.05, 0.1) is 0 Å². The topological polar surface area (TPSA) is 43.4 Å². The second-order valence-corrected chi connectivity index (χ2v) is 3.71. The van der Waals surface area contributed by atoms with Crippen LogP contribution in [0.2, 0.25) is 0 Å². The molecule has 14 heavy (non-hydrogen) atoms. The Morgan fingerprint density at radius 1 is 1.36 bits per heavy atom. The average Bonchev–Trinajstić information content (AvgIpc) is 2.18. The maximum absolute atomic E-state index is 12.0. The number of halogens is 1. The van der Waals surface area contributed by atoms with Gasteiger partial charge in [-0.25, -0.2) is 8.70 Å². The number of nitrogens with zero attached hydrogens (tertiary/aromatic N) is 1. The highest BCUT2D eigenvalue weighted by Crippen LogP contribution is 2.05. The summed E-state index contributed by atoms with van der Waals surface area (Å²) in [5.41, 5.74) is 0.852. The van der Waals surface area contributed by atoms with Gasteiger partial charge >= 0.3 is 0 Å². The number of rotatable bonds is 5. The van der Waals surface area contributed by atoms with Crippen LogP contribution in [0.25, 0.3) is 0 Å². The van der Waals surface area contributed by atoms with E-state index in [4.69, 9.17) is 0 Å². The van der Waals surface area contributed by atoms with E-state index in [0.29, 0.717) is 0 Å². The molecule has 0 radical (unpaired) electrons. The molecule has 78 valence electrons. The number of benzene rings is 1.